The number of ether oxygens (including phenoxy) is 2. The van der Waals surface area contributed by atoms with Gasteiger partial charge in [0.25, 0.3) is 0 Å². The average Bonchev–Trinajstić information content (AvgIpc) is 3.21. The summed E-state index contributed by atoms with van der Waals surface area (Å²) in [5.74, 6) is -1.62. The Bertz CT molecular complexity index is 733. The number of hydrogen-bond donors (Lipinski definition) is 0. The van der Waals surface area contributed by atoms with E-state index in [1.807, 2.05) is 31.2 Å². The minimum Gasteiger partial charge on any atom is -0.465 e. The molecule has 3 aliphatic rings. The number of benzene rings is 1. The van der Waals surface area contributed by atoms with Crippen LogP contribution in [0.3, 0.4) is 0 Å². The lowest BCUT2D eigenvalue weighted by Gasteiger charge is -2.22. The van der Waals surface area contributed by atoms with Gasteiger partial charge >= 0.3 is 5.97 Å². The first kappa shape index (κ1) is 15.7. The zero-order chi connectivity index (χ0) is 16.9. The lowest BCUT2D eigenvalue weighted by molar-refractivity contribution is -0.152. The first-order valence-electron chi connectivity index (χ1n) is 8.17. The summed E-state index contributed by atoms with van der Waals surface area (Å²) >= 11 is 6.25. The van der Waals surface area contributed by atoms with E-state index in [0.29, 0.717) is 23.9 Å². The summed E-state index contributed by atoms with van der Waals surface area (Å²) in [6.07, 6.45) is 4.16. The van der Waals surface area contributed by atoms with Crippen LogP contribution in [0.5, 0.6) is 0 Å². The lowest BCUT2D eigenvalue weighted by Crippen LogP contribution is -2.40. The first-order chi connectivity index (χ1) is 11.6. The highest BCUT2D eigenvalue weighted by molar-refractivity contribution is 6.34. The van der Waals surface area contributed by atoms with Crippen molar-refractivity contribution in [3.8, 4) is 0 Å². The topological polar surface area (TPSA) is 55.8 Å². The molecule has 0 aromatic heterocycles. The van der Waals surface area contributed by atoms with Gasteiger partial charge < -0.3 is 14.4 Å². The summed E-state index contributed by atoms with van der Waals surface area (Å²) < 4.78 is 11.3. The highest BCUT2D eigenvalue weighted by atomic mass is 35.5. The van der Waals surface area contributed by atoms with Crippen LogP contribution in [0, 0.1) is 11.8 Å². The molecule has 4 unspecified atom stereocenters. The number of carbonyl (C=O) groups excluding carboxylic acids is 2. The molecule has 3 heterocycles. The Morgan fingerprint density at radius 3 is 3.00 bits per heavy atom. The van der Waals surface area contributed by atoms with Crippen molar-refractivity contribution in [1.29, 1.82) is 0 Å². The van der Waals surface area contributed by atoms with Crippen molar-refractivity contribution in [2.24, 2.45) is 11.8 Å². The van der Waals surface area contributed by atoms with Crippen LogP contribution in [0.25, 0.3) is 0 Å². The molecule has 4 rings (SSSR count). The van der Waals surface area contributed by atoms with Gasteiger partial charge in [0.2, 0.25) is 5.91 Å². The number of nitrogens with zero attached hydrogens (tertiary/aromatic N) is 1. The van der Waals surface area contributed by atoms with Crippen LogP contribution in [-0.2, 0) is 19.1 Å². The average molecular weight is 348 g/mol. The molecule has 2 fully saturated rings. The van der Waals surface area contributed by atoms with Crippen LogP contribution in [0.4, 0.5) is 5.69 Å². The van der Waals surface area contributed by atoms with E-state index in [2.05, 4.69) is 0 Å². The maximum Gasteiger partial charge on any atom is 0.312 e. The Kier molecular flexibility index (Phi) is 3.66. The van der Waals surface area contributed by atoms with Gasteiger partial charge in [0.1, 0.15) is 11.5 Å². The smallest absolute Gasteiger partial charge is 0.312 e. The Morgan fingerprint density at radius 2 is 2.25 bits per heavy atom. The Balaban J connectivity index is 1.67. The fourth-order valence-corrected chi connectivity index (χ4v) is 4.18. The van der Waals surface area contributed by atoms with Crippen LogP contribution in [0.1, 0.15) is 13.3 Å². The van der Waals surface area contributed by atoms with E-state index in [0.717, 1.165) is 6.42 Å². The summed E-state index contributed by atoms with van der Waals surface area (Å²) in [4.78, 5) is 27.1. The predicted molar refractivity (Wildman–Crippen MR) is 88.8 cm³/mol. The van der Waals surface area contributed by atoms with Gasteiger partial charge in [0.15, 0.2) is 0 Å². The number of esters is 1. The number of carbonyl (C=O) groups is 2. The van der Waals surface area contributed by atoms with E-state index in [1.54, 1.807) is 17.0 Å². The number of hydrogen-bond acceptors (Lipinski definition) is 4. The molecule has 4 atom stereocenters. The Morgan fingerprint density at radius 1 is 1.46 bits per heavy atom. The van der Waals surface area contributed by atoms with Gasteiger partial charge in [0, 0.05) is 0 Å². The second kappa shape index (κ2) is 5.60. The number of fused-ring (bicyclic) bond motifs is 1. The van der Waals surface area contributed by atoms with E-state index < -0.39 is 17.4 Å². The number of anilines is 1. The summed E-state index contributed by atoms with van der Waals surface area (Å²) in [6, 6.07) is 7.20. The first-order valence-corrected chi connectivity index (χ1v) is 8.55. The van der Waals surface area contributed by atoms with Crippen molar-refractivity contribution >= 4 is 29.2 Å². The molecule has 126 valence electrons. The molecular weight excluding hydrogens is 330 g/mol. The Hall–Kier alpha value is -1.85. The number of amides is 1. The molecule has 0 N–H and O–H groups in total. The molecule has 0 radical (unpaired) electrons. The monoisotopic (exact) mass is 347 g/mol. The van der Waals surface area contributed by atoms with Crippen LogP contribution in [0.15, 0.2) is 36.4 Å². The third kappa shape index (κ3) is 2.11. The standard InChI is InChI=1S/C18H18ClNO4/c1-2-9-23-17(22)14-13-7-8-18(24-13)10-20(16(21)15(14)18)12-6-4-3-5-11(12)19/h3-8,13-15H,2,9-10H2,1H3. The van der Waals surface area contributed by atoms with E-state index in [4.69, 9.17) is 21.1 Å². The molecule has 1 spiro atoms. The largest absolute Gasteiger partial charge is 0.465 e. The van der Waals surface area contributed by atoms with Gasteiger partial charge in [-0.05, 0) is 18.6 Å². The molecule has 0 aliphatic carbocycles. The zero-order valence-corrected chi connectivity index (χ0v) is 14.0. The Labute approximate surface area is 145 Å². The van der Waals surface area contributed by atoms with Crippen molar-refractivity contribution in [3.63, 3.8) is 0 Å². The van der Waals surface area contributed by atoms with Crippen molar-refractivity contribution in [1.82, 2.24) is 0 Å². The highest BCUT2D eigenvalue weighted by Crippen LogP contribution is 2.53. The maximum absolute atomic E-state index is 13.1. The van der Waals surface area contributed by atoms with Gasteiger partial charge in [-0.15, -0.1) is 0 Å². The van der Waals surface area contributed by atoms with E-state index in [-0.39, 0.29) is 18.0 Å². The van der Waals surface area contributed by atoms with E-state index in [9.17, 15) is 9.59 Å². The fraction of sp³-hybridized carbons (Fsp3) is 0.444. The second-order valence-electron chi connectivity index (χ2n) is 6.44. The van der Waals surface area contributed by atoms with E-state index >= 15 is 0 Å². The predicted octanol–water partition coefficient (Wildman–Crippen LogP) is 2.58. The number of para-hydroxylation sites is 1. The van der Waals surface area contributed by atoms with Crippen LogP contribution < -0.4 is 4.90 Å². The molecule has 3 aliphatic heterocycles. The third-order valence-electron chi connectivity index (χ3n) is 4.96. The van der Waals surface area contributed by atoms with Gasteiger partial charge in [0.05, 0.1) is 35.9 Å². The van der Waals surface area contributed by atoms with Crippen molar-refractivity contribution < 1.29 is 19.1 Å². The van der Waals surface area contributed by atoms with Crippen LogP contribution in [0.2, 0.25) is 5.02 Å². The molecule has 6 heteroatoms. The number of rotatable bonds is 4. The molecule has 24 heavy (non-hydrogen) atoms. The summed E-state index contributed by atoms with van der Waals surface area (Å²) in [5.41, 5.74) is -0.106. The molecule has 2 saturated heterocycles. The summed E-state index contributed by atoms with van der Waals surface area (Å²) in [6.45, 7) is 2.66. The normalized spacial score (nSPS) is 33.2. The van der Waals surface area contributed by atoms with Gasteiger partial charge in [-0.2, -0.15) is 0 Å². The maximum atomic E-state index is 13.1. The summed E-state index contributed by atoms with van der Waals surface area (Å²) in [7, 11) is 0. The minimum absolute atomic E-state index is 0.131. The molecule has 2 bridgehead atoms. The van der Waals surface area contributed by atoms with Crippen LogP contribution >= 0.6 is 11.6 Å². The second-order valence-corrected chi connectivity index (χ2v) is 6.85. The lowest BCUT2D eigenvalue weighted by atomic mass is 9.77. The summed E-state index contributed by atoms with van der Waals surface area (Å²) in [5, 5.41) is 0.505. The van der Waals surface area contributed by atoms with Crippen molar-refractivity contribution in [2.45, 2.75) is 25.0 Å². The fourth-order valence-electron chi connectivity index (χ4n) is 3.94. The molecule has 5 nitrogen and oxygen atoms in total. The van der Waals surface area contributed by atoms with Crippen LogP contribution in [-0.4, -0.2) is 36.7 Å². The molecule has 1 amide bonds. The molecule has 0 saturated carbocycles. The SMILES string of the molecule is CCCOC(=O)C1C2C=CC3(CN(c4ccccc4Cl)C(=O)C13)O2. The molecule has 1 aromatic carbocycles. The highest BCUT2D eigenvalue weighted by Gasteiger charge is 2.67. The van der Waals surface area contributed by atoms with E-state index in [1.165, 1.54) is 0 Å². The minimum atomic E-state index is -0.753. The van der Waals surface area contributed by atoms with Gasteiger partial charge in [-0.1, -0.05) is 42.8 Å². The van der Waals surface area contributed by atoms with Gasteiger partial charge in [-0.25, -0.2) is 0 Å². The van der Waals surface area contributed by atoms with Crippen molar-refractivity contribution in [3.05, 3.63) is 41.4 Å². The third-order valence-corrected chi connectivity index (χ3v) is 5.28. The van der Waals surface area contributed by atoms with Gasteiger partial charge in [-0.3, -0.25) is 9.59 Å². The zero-order valence-electron chi connectivity index (χ0n) is 13.3. The number of halogens is 1. The quantitative estimate of drug-likeness (QED) is 0.620. The van der Waals surface area contributed by atoms with Crippen molar-refractivity contribution in [2.75, 3.05) is 18.1 Å². The molecule has 1 aromatic rings. The molecular formula is C18H18ClNO4.